The fourth-order valence-corrected chi connectivity index (χ4v) is 5.42. The Kier molecular flexibility index (Phi) is 20.5. The zero-order chi connectivity index (χ0) is 28.5. The Balaban J connectivity index is 1.52. The van der Waals surface area contributed by atoms with Crippen LogP contribution in [0.1, 0.15) is 161 Å². The summed E-state index contributed by atoms with van der Waals surface area (Å²) >= 11 is 0. The van der Waals surface area contributed by atoms with Crippen molar-refractivity contribution in [1.29, 1.82) is 0 Å². The first-order valence-corrected chi connectivity index (χ1v) is 17.2. The van der Waals surface area contributed by atoms with E-state index in [9.17, 15) is 0 Å². The van der Waals surface area contributed by atoms with E-state index >= 15 is 0 Å². The van der Waals surface area contributed by atoms with Crippen molar-refractivity contribution in [2.45, 2.75) is 155 Å². The molecule has 0 aromatic heterocycles. The monoisotopic (exact) mass is 550 g/mol. The SMILES string of the molecule is CCCCCCCCCCCCCCCOc1ccc(-c2ccc(C(C)OCCCCCCCCC)cc2)cc1. The molecule has 0 aliphatic heterocycles. The van der Waals surface area contributed by atoms with Crippen molar-refractivity contribution in [3.8, 4) is 16.9 Å². The first kappa shape index (κ1) is 34.4. The van der Waals surface area contributed by atoms with E-state index in [1.807, 2.05) is 0 Å². The smallest absolute Gasteiger partial charge is 0.119 e. The van der Waals surface area contributed by atoms with E-state index in [1.54, 1.807) is 0 Å². The second-order valence-corrected chi connectivity index (χ2v) is 11.9. The summed E-state index contributed by atoms with van der Waals surface area (Å²) in [6.07, 6.45) is 27.3. The van der Waals surface area contributed by atoms with Gasteiger partial charge in [-0.15, -0.1) is 0 Å². The summed E-state index contributed by atoms with van der Waals surface area (Å²) < 4.78 is 12.1. The fraction of sp³-hybridized carbons (Fsp3) is 0.684. The summed E-state index contributed by atoms with van der Waals surface area (Å²) in [5, 5.41) is 0. The molecule has 0 heterocycles. The summed E-state index contributed by atoms with van der Waals surface area (Å²) in [6, 6.07) is 17.4. The molecule has 0 bridgehead atoms. The zero-order valence-electron chi connectivity index (χ0n) is 26.6. The molecular weight excluding hydrogens is 488 g/mol. The van der Waals surface area contributed by atoms with E-state index < -0.39 is 0 Å². The maximum absolute atomic E-state index is 6.10. The van der Waals surface area contributed by atoms with Gasteiger partial charge < -0.3 is 9.47 Å². The molecule has 40 heavy (non-hydrogen) atoms. The highest BCUT2D eigenvalue weighted by Crippen LogP contribution is 2.26. The van der Waals surface area contributed by atoms with Gasteiger partial charge in [-0.05, 0) is 48.6 Å². The fourth-order valence-electron chi connectivity index (χ4n) is 5.42. The van der Waals surface area contributed by atoms with Gasteiger partial charge in [0.1, 0.15) is 5.75 Å². The molecule has 0 saturated carbocycles. The lowest BCUT2D eigenvalue weighted by atomic mass is 10.0. The minimum absolute atomic E-state index is 0.148. The highest BCUT2D eigenvalue weighted by Gasteiger charge is 2.07. The van der Waals surface area contributed by atoms with Crippen molar-refractivity contribution in [1.82, 2.24) is 0 Å². The van der Waals surface area contributed by atoms with Crippen LogP contribution in [0, 0.1) is 0 Å². The molecule has 2 nitrogen and oxygen atoms in total. The molecule has 1 atom stereocenters. The van der Waals surface area contributed by atoms with Crippen LogP contribution in [0.5, 0.6) is 5.75 Å². The predicted molar refractivity (Wildman–Crippen MR) is 175 cm³/mol. The Morgan fingerprint density at radius 1 is 0.450 bits per heavy atom. The standard InChI is InChI=1S/C38H62O2/c1-4-6-8-10-12-13-14-15-16-17-19-21-23-33-40-38-30-28-37(29-31-38)36-26-24-35(25-27-36)34(3)39-32-22-20-18-11-9-7-5-2/h24-31,34H,4-23,32-33H2,1-3H3. The van der Waals surface area contributed by atoms with Gasteiger partial charge in [-0.3, -0.25) is 0 Å². The summed E-state index contributed by atoms with van der Waals surface area (Å²) in [5.74, 6) is 0.978. The number of unbranched alkanes of at least 4 members (excludes halogenated alkanes) is 18. The van der Waals surface area contributed by atoms with E-state index in [0.717, 1.165) is 25.4 Å². The maximum atomic E-state index is 6.10. The highest BCUT2D eigenvalue weighted by atomic mass is 16.5. The molecule has 0 radical (unpaired) electrons. The van der Waals surface area contributed by atoms with Gasteiger partial charge in [0.15, 0.2) is 0 Å². The van der Waals surface area contributed by atoms with Crippen molar-refractivity contribution >= 4 is 0 Å². The number of hydrogen-bond acceptors (Lipinski definition) is 2. The first-order chi connectivity index (χ1) is 19.7. The van der Waals surface area contributed by atoms with Gasteiger partial charge in [0.2, 0.25) is 0 Å². The minimum Gasteiger partial charge on any atom is -0.494 e. The van der Waals surface area contributed by atoms with Gasteiger partial charge in [0.05, 0.1) is 12.7 Å². The molecule has 0 aliphatic carbocycles. The third-order valence-electron chi connectivity index (χ3n) is 8.20. The van der Waals surface area contributed by atoms with Crippen LogP contribution in [-0.4, -0.2) is 13.2 Å². The normalized spacial score (nSPS) is 12.1. The van der Waals surface area contributed by atoms with Crippen LogP contribution in [0.2, 0.25) is 0 Å². The molecule has 2 aromatic rings. The molecule has 2 aromatic carbocycles. The Bertz CT molecular complexity index is 810. The minimum atomic E-state index is 0.148. The second-order valence-electron chi connectivity index (χ2n) is 11.9. The van der Waals surface area contributed by atoms with Gasteiger partial charge in [-0.1, -0.05) is 166 Å². The van der Waals surface area contributed by atoms with Gasteiger partial charge in [0.25, 0.3) is 0 Å². The number of rotatable bonds is 26. The average Bonchev–Trinajstić information content (AvgIpc) is 2.99. The van der Waals surface area contributed by atoms with E-state index in [0.29, 0.717) is 0 Å². The Morgan fingerprint density at radius 2 is 0.825 bits per heavy atom. The maximum Gasteiger partial charge on any atom is 0.119 e. The van der Waals surface area contributed by atoms with Crippen LogP contribution >= 0.6 is 0 Å². The molecule has 2 heteroatoms. The van der Waals surface area contributed by atoms with E-state index in [1.165, 1.54) is 139 Å². The number of benzene rings is 2. The summed E-state index contributed by atoms with van der Waals surface area (Å²) in [7, 11) is 0. The molecule has 0 fully saturated rings. The molecule has 0 saturated heterocycles. The summed E-state index contributed by atoms with van der Waals surface area (Å²) in [5.41, 5.74) is 3.73. The van der Waals surface area contributed by atoms with Gasteiger partial charge in [0, 0.05) is 6.61 Å². The van der Waals surface area contributed by atoms with Crippen molar-refractivity contribution in [3.63, 3.8) is 0 Å². The van der Waals surface area contributed by atoms with Gasteiger partial charge in [-0.25, -0.2) is 0 Å². The van der Waals surface area contributed by atoms with Crippen molar-refractivity contribution in [2.24, 2.45) is 0 Å². The molecule has 0 N–H and O–H groups in total. The third kappa shape index (κ3) is 16.5. The quantitative estimate of drug-likeness (QED) is 0.108. The summed E-state index contributed by atoms with van der Waals surface area (Å²) in [6.45, 7) is 8.41. The Morgan fingerprint density at radius 3 is 1.27 bits per heavy atom. The van der Waals surface area contributed by atoms with E-state index in [4.69, 9.17) is 9.47 Å². The van der Waals surface area contributed by atoms with Crippen LogP contribution in [0.15, 0.2) is 48.5 Å². The average molecular weight is 551 g/mol. The van der Waals surface area contributed by atoms with Crippen molar-refractivity contribution in [2.75, 3.05) is 13.2 Å². The van der Waals surface area contributed by atoms with Crippen LogP contribution in [0.3, 0.4) is 0 Å². The Labute approximate surface area is 248 Å². The van der Waals surface area contributed by atoms with Gasteiger partial charge >= 0.3 is 0 Å². The van der Waals surface area contributed by atoms with Crippen molar-refractivity contribution < 1.29 is 9.47 Å². The molecular formula is C38H62O2. The topological polar surface area (TPSA) is 18.5 Å². The van der Waals surface area contributed by atoms with E-state index in [2.05, 4.69) is 69.3 Å². The van der Waals surface area contributed by atoms with Crippen LogP contribution < -0.4 is 4.74 Å². The van der Waals surface area contributed by atoms with Crippen molar-refractivity contribution in [3.05, 3.63) is 54.1 Å². The largest absolute Gasteiger partial charge is 0.494 e. The van der Waals surface area contributed by atoms with Crippen LogP contribution in [-0.2, 0) is 4.74 Å². The lowest BCUT2D eigenvalue weighted by Crippen LogP contribution is -2.01. The third-order valence-corrected chi connectivity index (χ3v) is 8.20. The van der Waals surface area contributed by atoms with Crippen LogP contribution in [0.4, 0.5) is 0 Å². The van der Waals surface area contributed by atoms with Crippen LogP contribution in [0.25, 0.3) is 11.1 Å². The number of ether oxygens (including phenoxy) is 2. The molecule has 226 valence electrons. The molecule has 0 spiro atoms. The first-order valence-electron chi connectivity index (χ1n) is 17.2. The van der Waals surface area contributed by atoms with E-state index in [-0.39, 0.29) is 6.10 Å². The molecule has 1 unspecified atom stereocenters. The lowest BCUT2D eigenvalue weighted by molar-refractivity contribution is 0.0627. The molecule has 0 aliphatic rings. The zero-order valence-corrected chi connectivity index (χ0v) is 26.6. The molecule has 2 rings (SSSR count). The molecule has 0 amide bonds. The summed E-state index contributed by atoms with van der Waals surface area (Å²) in [4.78, 5) is 0. The predicted octanol–water partition coefficient (Wildman–Crippen LogP) is 12.7. The Hall–Kier alpha value is -1.80. The number of hydrogen-bond donors (Lipinski definition) is 0. The second kappa shape index (κ2) is 23.9. The van der Waals surface area contributed by atoms with Gasteiger partial charge in [-0.2, -0.15) is 0 Å². The lowest BCUT2D eigenvalue weighted by Gasteiger charge is -2.14. The highest BCUT2D eigenvalue weighted by molar-refractivity contribution is 5.64.